The molecule has 2 aromatic rings. The van der Waals surface area contributed by atoms with Crippen LogP contribution in [0.15, 0.2) is 41.0 Å². The van der Waals surface area contributed by atoms with Crippen molar-refractivity contribution in [2.75, 3.05) is 0 Å². The standard InChI is InChI=1S/C13H14NO/c1-2-3-9-12-10-15-13(14-12)11-7-5-4-6-8-11/h4-8,10H,1-3,9H2. The monoisotopic (exact) mass is 200 g/mol. The molecule has 1 aromatic heterocycles. The Bertz CT molecular complexity index is 405. The molecular formula is C13H14NO. The minimum Gasteiger partial charge on any atom is -0.444 e. The number of hydrogen-bond acceptors (Lipinski definition) is 2. The molecule has 0 bridgehead atoms. The number of rotatable bonds is 4. The van der Waals surface area contributed by atoms with E-state index < -0.39 is 0 Å². The molecule has 77 valence electrons. The van der Waals surface area contributed by atoms with Crippen LogP contribution in [0.3, 0.4) is 0 Å². The minimum absolute atomic E-state index is 0.703. The number of nitrogens with zero attached hydrogens (tertiary/aromatic N) is 1. The molecule has 0 fully saturated rings. The van der Waals surface area contributed by atoms with Crippen LogP contribution in [-0.4, -0.2) is 4.98 Å². The van der Waals surface area contributed by atoms with Gasteiger partial charge in [-0.2, -0.15) is 0 Å². The zero-order valence-electron chi connectivity index (χ0n) is 8.65. The fraction of sp³-hybridized carbons (Fsp3) is 0.231. The van der Waals surface area contributed by atoms with Crippen LogP contribution < -0.4 is 0 Å². The first-order valence-corrected chi connectivity index (χ1v) is 5.19. The maximum Gasteiger partial charge on any atom is 0.226 e. The van der Waals surface area contributed by atoms with E-state index in [0.29, 0.717) is 5.89 Å². The summed E-state index contributed by atoms with van der Waals surface area (Å²) in [7, 11) is 0. The van der Waals surface area contributed by atoms with Crippen LogP contribution in [0.1, 0.15) is 18.5 Å². The van der Waals surface area contributed by atoms with Gasteiger partial charge in [0.25, 0.3) is 0 Å². The number of hydrogen-bond donors (Lipinski definition) is 0. The van der Waals surface area contributed by atoms with Crippen molar-refractivity contribution in [1.82, 2.24) is 4.98 Å². The summed E-state index contributed by atoms with van der Waals surface area (Å²) in [4.78, 5) is 4.42. The van der Waals surface area contributed by atoms with Crippen molar-refractivity contribution in [3.63, 3.8) is 0 Å². The predicted octanol–water partition coefficient (Wildman–Crippen LogP) is 3.50. The van der Waals surface area contributed by atoms with E-state index in [1.807, 2.05) is 30.3 Å². The highest BCUT2D eigenvalue weighted by Gasteiger charge is 2.04. The zero-order chi connectivity index (χ0) is 10.5. The van der Waals surface area contributed by atoms with Crippen molar-refractivity contribution in [3.8, 4) is 11.5 Å². The van der Waals surface area contributed by atoms with Crippen LogP contribution in [0, 0.1) is 6.92 Å². The van der Waals surface area contributed by atoms with Crippen LogP contribution >= 0.6 is 0 Å². The molecule has 0 aliphatic heterocycles. The molecule has 2 heteroatoms. The fourth-order valence-electron chi connectivity index (χ4n) is 1.44. The number of aromatic nitrogens is 1. The maximum atomic E-state index is 5.42. The van der Waals surface area contributed by atoms with Gasteiger partial charge in [-0.3, -0.25) is 0 Å². The number of unbranched alkanes of at least 4 members (excludes halogenated alkanes) is 1. The van der Waals surface area contributed by atoms with Crippen LogP contribution in [0.2, 0.25) is 0 Å². The van der Waals surface area contributed by atoms with E-state index in [1.165, 1.54) is 0 Å². The van der Waals surface area contributed by atoms with Gasteiger partial charge < -0.3 is 4.42 Å². The van der Waals surface area contributed by atoms with E-state index in [0.717, 1.165) is 30.5 Å². The molecule has 1 aromatic carbocycles. The molecule has 0 saturated heterocycles. The molecule has 0 saturated carbocycles. The van der Waals surface area contributed by atoms with Gasteiger partial charge in [0.15, 0.2) is 0 Å². The molecule has 0 unspecified atom stereocenters. The van der Waals surface area contributed by atoms with Gasteiger partial charge in [-0.1, -0.05) is 31.5 Å². The smallest absolute Gasteiger partial charge is 0.226 e. The summed E-state index contributed by atoms with van der Waals surface area (Å²) < 4.78 is 5.42. The second-order valence-corrected chi connectivity index (χ2v) is 3.47. The van der Waals surface area contributed by atoms with Crippen molar-refractivity contribution in [2.45, 2.75) is 19.3 Å². The number of benzene rings is 1. The highest BCUT2D eigenvalue weighted by atomic mass is 16.3. The molecular weight excluding hydrogens is 186 g/mol. The van der Waals surface area contributed by atoms with Crippen LogP contribution in [0.25, 0.3) is 11.5 Å². The SMILES string of the molecule is [CH2]CCCc1coc(-c2ccccc2)n1. The summed E-state index contributed by atoms with van der Waals surface area (Å²) >= 11 is 0. The van der Waals surface area contributed by atoms with E-state index in [-0.39, 0.29) is 0 Å². The van der Waals surface area contributed by atoms with Crippen molar-refractivity contribution in [3.05, 3.63) is 49.2 Å². The van der Waals surface area contributed by atoms with Gasteiger partial charge in [0.2, 0.25) is 5.89 Å². The second kappa shape index (κ2) is 4.78. The lowest BCUT2D eigenvalue weighted by molar-refractivity contribution is 0.572. The van der Waals surface area contributed by atoms with E-state index >= 15 is 0 Å². The first kappa shape index (κ1) is 9.97. The summed E-state index contributed by atoms with van der Waals surface area (Å²) in [6.07, 6.45) is 4.67. The first-order chi connectivity index (χ1) is 7.40. The number of oxazole rings is 1. The molecule has 0 aliphatic rings. The Morgan fingerprint density at radius 3 is 2.73 bits per heavy atom. The molecule has 1 radical (unpaired) electrons. The molecule has 2 nitrogen and oxygen atoms in total. The summed E-state index contributed by atoms with van der Waals surface area (Å²) in [5.74, 6) is 0.703. The highest BCUT2D eigenvalue weighted by Crippen LogP contribution is 2.18. The molecule has 15 heavy (non-hydrogen) atoms. The molecule has 1 heterocycles. The second-order valence-electron chi connectivity index (χ2n) is 3.47. The highest BCUT2D eigenvalue weighted by molar-refractivity contribution is 5.52. The van der Waals surface area contributed by atoms with E-state index in [4.69, 9.17) is 4.42 Å². The lowest BCUT2D eigenvalue weighted by atomic mass is 10.2. The van der Waals surface area contributed by atoms with E-state index in [1.54, 1.807) is 6.26 Å². The van der Waals surface area contributed by atoms with E-state index in [2.05, 4.69) is 11.9 Å². The topological polar surface area (TPSA) is 26.0 Å². The molecule has 0 atom stereocenters. The minimum atomic E-state index is 0.703. The third kappa shape index (κ3) is 2.46. The Morgan fingerprint density at radius 2 is 2.00 bits per heavy atom. The third-order valence-electron chi connectivity index (χ3n) is 2.26. The van der Waals surface area contributed by atoms with Gasteiger partial charge in [-0.15, -0.1) is 0 Å². The fourth-order valence-corrected chi connectivity index (χ4v) is 1.44. The normalized spacial score (nSPS) is 10.5. The Labute approximate surface area is 90.0 Å². The van der Waals surface area contributed by atoms with Gasteiger partial charge in [0, 0.05) is 5.56 Å². The lowest BCUT2D eigenvalue weighted by Gasteiger charge is -1.92. The Balaban J connectivity index is 2.14. The lowest BCUT2D eigenvalue weighted by Crippen LogP contribution is -1.84. The van der Waals surface area contributed by atoms with Gasteiger partial charge in [0.05, 0.1) is 5.69 Å². The average molecular weight is 200 g/mol. The van der Waals surface area contributed by atoms with Crippen LogP contribution in [-0.2, 0) is 6.42 Å². The van der Waals surface area contributed by atoms with Gasteiger partial charge >= 0.3 is 0 Å². The Hall–Kier alpha value is -1.57. The molecule has 2 rings (SSSR count). The quantitative estimate of drug-likeness (QED) is 0.755. The summed E-state index contributed by atoms with van der Waals surface area (Å²) in [5.41, 5.74) is 2.04. The Morgan fingerprint density at radius 1 is 1.20 bits per heavy atom. The summed E-state index contributed by atoms with van der Waals surface area (Å²) in [6.45, 7) is 3.81. The summed E-state index contributed by atoms with van der Waals surface area (Å²) in [6, 6.07) is 9.94. The van der Waals surface area contributed by atoms with E-state index in [9.17, 15) is 0 Å². The first-order valence-electron chi connectivity index (χ1n) is 5.19. The van der Waals surface area contributed by atoms with Gasteiger partial charge in [-0.25, -0.2) is 4.98 Å². The van der Waals surface area contributed by atoms with Crippen molar-refractivity contribution in [1.29, 1.82) is 0 Å². The molecule has 0 amide bonds. The van der Waals surface area contributed by atoms with Gasteiger partial charge in [0.1, 0.15) is 6.26 Å². The van der Waals surface area contributed by atoms with Crippen LogP contribution in [0.4, 0.5) is 0 Å². The third-order valence-corrected chi connectivity index (χ3v) is 2.26. The van der Waals surface area contributed by atoms with Gasteiger partial charge in [-0.05, 0) is 25.0 Å². The molecule has 0 spiro atoms. The Kier molecular flexibility index (Phi) is 3.18. The molecule has 0 aliphatic carbocycles. The van der Waals surface area contributed by atoms with Crippen molar-refractivity contribution in [2.24, 2.45) is 0 Å². The van der Waals surface area contributed by atoms with Crippen molar-refractivity contribution < 1.29 is 4.42 Å². The zero-order valence-corrected chi connectivity index (χ0v) is 8.65. The summed E-state index contributed by atoms with van der Waals surface area (Å²) in [5, 5.41) is 0. The predicted molar refractivity (Wildman–Crippen MR) is 60.2 cm³/mol. The average Bonchev–Trinajstić information content (AvgIpc) is 2.76. The van der Waals surface area contributed by atoms with Crippen molar-refractivity contribution >= 4 is 0 Å². The molecule has 0 N–H and O–H groups in total. The number of aryl methyl sites for hydroxylation is 1. The maximum absolute atomic E-state index is 5.42. The van der Waals surface area contributed by atoms with Crippen LogP contribution in [0.5, 0.6) is 0 Å². The largest absolute Gasteiger partial charge is 0.444 e.